The van der Waals surface area contributed by atoms with E-state index in [4.69, 9.17) is 10.5 Å². The molecule has 116 valence electrons. The van der Waals surface area contributed by atoms with Crippen LogP contribution in [-0.2, 0) is 9.53 Å². The monoisotopic (exact) mass is 290 g/mol. The number of hydrogen-bond donors (Lipinski definition) is 1. The van der Waals surface area contributed by atoms with Gasteiger partial charge in [0.15, 0.2) is 0 Å². The average molecular weight is 290 g/mol. The molecule has 0 aromatic heterocycles. The molecule has 0 bridgehead atoms. The van der Waals surface area contributed by atoms with Crippen molar-refractivity contribution in [3.63, 3.8) is 0 Å². The van der Waals surface area contributed by atoms with Gasteiger partial charge in [-0.25, -0.2) is 0 Å². The Hall–Kier alpha value is -1.39. The van der Waals surface area contributed by atoms with Crippen LogP contribution in [0.1, 0.15) is 37.4 Å². The number of nitrogens with two attached hydrogens (primary N) is 1. The second kappa shape index (κ2) is 8.15. The molecule has 2 N–H and O–H groups in total. The Kier molecular flexibility index (Phi) is 6.21. The first kappa shape index (κ1) is 16.0. The van der Waals surface area contributed by atoms with Crippen LogP contribution in [0.15, 0.2) is 30.3 Å². The molecule has 1 amide bonds. The first-order valence-corrected chi connectivity index (χ1v) is 7.77. The quantitative estimate of drug-likeness (QED) is 0.838. The van der Waals surface area contributed by atoms with E-state index in [1.165, 1.54) is 18.4 Å². The molecule has 0 saturated carbocycles. The van der Waals surface area contributed by atoms with Gasteiger partial charge in [-0.2, -0.15) is 0 Å². The van der Waals surface area contributed by atoms with Gasteiger partial charge in [0.1, 0.15) is 0 Å². The van der Waals surface area contributed by atoms with Gasteiger partial charge in [0, 0.05) is 26.6 Å². The molecule has 0 radical (unpaired) electrons. The molecule has 1 aliphatic heterocycles. The van der Waals surface area contributed by atoms with E-state index in [1.54, 1.807) is 7.11 Å². The van der Waals surface area contributed by atoms with Gasteiger partial charge in [-0.3, -0.25) is 4.79 Å². The van der Waals surface area contributed by atoms with Crippen LogP contribution in [0.5, 0.6) is 0 Å². The molecule has 0 unspecified atom stereocenters. The van der Waals surface area contributed by atoms with Gasteiger partial charge in [-0.1, -0.05) is 30.3 Å². The number of rotatable bonds is 7. The summed E-state index contributed by atoms with van der Waals surface area (Å²) in [5, 5.41) is 0. The van der Waals surface area contributed by atoms with Crippen LogP contribution in [0.3, 0.4) is 0 Å². The summed E-state index contributed by atoms with van der Waals surface area (Å²) in [7, 11) is 1.77. The number of primary amides is 1. The van der Waals surface area contributed by atoms with Crippen LogP contribution in [0, 0.1) is 5.92 Å². The van der Waals surface area contributed by atoms with Crippen molar-refractivity contribution in [2.24, 2.45) is 11.7 Å². The molecule has 1 fully saturated rings. The number of likely N-dealkylation sites (tertiary alicyclic amines) is 1. The van der Waals surface area contributed by atoms with Crippen molar-refractivity contribution in [3.05, 3.63) is 35.9 Å². The molecule has 2 rings (SSSR count). The van der Waals surface area contributed by atoms with E-state index < -0.39 is 0 Å². The Morgan fingerprint density at radius 3 is 2.86 bits per heavy atom. The summed E-state index contributed by atoms with van der Waals surface area (Å²) in [6.45, 7) is 3.06. The molecule has 21 heavy (non-hydrogen) atoms. The molecule has 4 heteroatoms. The lowest BCUT2D eigenvalue weighted by atomic mass is 9.93. The Balaban J connectivity index is 1.87. The van der Waals surface area contributed by atoms with Crippen molar-refractivity contribution in [1.29, 1.82) is 0 Å². The fourth-order valence-electron chi connectivity index (χ4n) is 3.12. The van der Waals surface area contributed by atoms with E-state index in [9.17, 15) is 4.79 Å². The smallest absolute Gasteiger partial charge is 0.217 e. The third kappa shape index (κ3) is 5.14. The summed E-state index contributed by atoms with van der Waals surface area (Å²) in [4.78, 5) is 13.4. The van der Waals surface area contributed by atoms with Crippen molar-refractivity contribution in [2.75, 3.05) is 26.7 Å². The third-order valence-corrected chi connectivity index (χ3v) is 4.28. The van der Waals surface area contributed by atoms with Crippen LogP contribution in [0.2, 0.25) is 0 Å². The minimum absolute atomic E-state index is 0.112. The first-order chi connectivity index (χ1) is 10.2. The summed E-state index contributed by atoms with van der Waals surface area (Å²) in [5.74, 6) is 0.394. The lowest BCUT2D eigenvalue weighted by molar-refractivity contribution is -0.118. The number of amides is 1. The second-order valence-corrected chi connectivity index (χ2v) is 5.91. The zero-order valence-corrected chi connectivity index (χ0v) is 12.8. The maximum absolute atomic E-state index is 10.9. The van der Waals surface area contributed by atoms with Crippen molar-refractivity contribution >= 4 is 5.91 Å². The largest absolute Gasteiger partial charge is 0.375 e. The number of methoxy groups -OCH3 is 1. The van der Waals surface area contributed by atoms with Crippen LogP contribution >= 0.6 is 0 Å². The Bertz CT molecular complexity index is 436. The van der Waals surface area contributed by atoms with E-state index in [0.717, 1.165) is 26.1 Å². The topological polar surface area (TPSA) is 55.6 Å². The zero-order valence-electron chi connectivity index (χ0n) is 12.8. The third-order valence-electron chi connectivity index (χ3n) is 4.28. The zero-order chi connectivity index (χ0) is 15.1. The highest BCUT2D eigenvalue weighted by molar-refractivity contribution is 5.73. The lowest BCUT2D eigenvalue weighted by Crippen LogP contribution is -2.38. The maximum atomic E-state index is 10.9. The number of carbonyl (C=O) groups excluding carboxylic acids is 1. The Labute approximate surface area is 127 Å². The van der Waals surface area contributed by atoms with Crippen molar-refractivity contribution in [1.82, 2.24) is 4.90 Å². The number of benzene rings is 1. The van der Waals surface area contributed by atoms with Crippen molar-refractivity contribution in [2.45, 2.75) is 31.8 Å². The summed E-state index contributed by atoms with van der Waals surface area (Å²) >= 11 is 0. The van der Waals surface area contributed by atoms with Crippen LogP contribution in [0.25, 0.3) is 0 Å². The summed E-state index contributed by atoms with van der Waals surface area (Å²) in [6.07, 6.45) is 3.92. The van der Waals surface area contributed by atoms with E-state index in [0.29, 0.717) is 12.3 Å². The Morgan fingerprint density at radius 2 is 2.19 bits per heavy atom. The average Bonchev–Trinajstić information content (AvgIpc) is 2.52. The van der Waals surface area contributed by atoms with Crippen LogP contribution in [0.4, 0.5) is 0 Å². The van der Waals surface area contributed by atoms with Crippen molar-refractivity contribution < 1.29 is 9.53 Å². The number of nitrogens with zero attached hydrogens (tertiary/aromatic N) is 1. The van der Waals surface area contributed by atoms with Crippen LogP contribution in [-0.4, -0.2) is 37.6 Å². The summed E-state index contributed by atoms with van der Waals surface area (Å²) < 4.78 is 5.66. The van der Waals surface area contributed by atoms with Crippen LogP contribution < -0.4 is 5.73 Å². The van der Waals surface area contributed by atoms with Gasteiger partial charge in [0.05, 0.1) is 6.10 Å². The fourth-order valence-corrected chi connectivity index (χ4v) is 3.12. The predicted octanol–water partition coefficient (Wildman–Crippen LogP) is 2.35. The standard InChI is InChI=1S/C17H26N2O2/c1-21-16(15-7-3-2-4-8-15)13-19-11-5-6-14(12-19)9-10-17(18)20/h2-4,7-8,14,16H,5-6,9-13H2,1H3,(H2,18,20)/t14-,16+/m1/s1. The lowest BCUT2D eigenvalue weighted by Gasteiger charge is -2.34. The van der Waals surface area contributed by atoms with Gasteiger partial charge in [0.2, 0.25) is 5.91 Å². The summed E-state index contributed by atoms with van der Waals surface area (Å²) in [5.41, 5.74) is 6.47. The first-order valence-electron chi connectivity index (χ1n) is 7.77. The molecule has 1 aromatic rings. The van der Waals surface area contributed by atoms with Gasteiger partial charge < -0.3 is 15.4 Å². The molecule has 0 aliphatic carbocycles. The van der Waals surface area contributed by atoms with E-state index in [1.807, 2.05) is 18.2 Å². The molecular formula is C17H26N2O2. The highest BCUT2D eigenvalue weighted by Gasteiger charge is 2.23. The number of piperidine rings is 1. The molecule has 1 aliphatic rings. The maximum Gasteiger partial charge on any atom is 0.217 e. The van der Waals surface area contributed by atoms with E-state index >= 15 is 0 Å². The molecule has 1 heterocycles. The molecule has 0 spiro atoms. The minimum Gasteiger partial charge on any atom is -0.375 e. The van der Waals surface area contributed by atoms with Gasteiger partial charge in [-0.05, 0) is 37.3 Å². The molecule has 4 nitrogen and oxygen atoms in total. The highest BCUT2D eigenvalue weighted by atomic mass is 16.5. The highest BCUT2D eigenvalue weighted by Crippen LogP contribution is 2.24. The molecule has 2 atom stereocenters. The van der Waals surface area contributed by atoms with Crippen molar-refractivity contribution in [3.8, 4) is 0 Å². The number of hydrogen-bond acceptors (Lipinski definition) is 3. The minimum atomic E-state index is -0.189. The number of carbonyl (C=O) groups is 1. The number of ether oxygens (including phenoxy) is 1. The van der Waals surface area contributed by atoms with E-state index in [2.05, 4.69) is 17.0 Å². The SMILES string of the molecule is CO[C@@H](CN1CCC[C@H](CCC(N)=O)C1)c1ccccc1. The normalized spacial score (nSPS) is 21.1. The molecular weight excluding hydrogens is 264 g/mol. The van der Waals surface area contributed by atoms with E-state index in [-0.39, 0.29) is 12.0 Å². The van der Waals surface area contributed by atoms with Gasteiger partial charge in [-0.15, -0.1) is 0 Å². The van der Waals surface area contributed by atoms with Gasteiger partial charge in [0.25, 0.3) is 0 Å². The van der Waals surface area contributed by atoms with Gasteiger partial charge >= 0.3 is 0 Å². The molecule has 1 saturated heterocycles. The second-order valence-electron chi connectivity index (χ2n) is 5.91. The fraction of sp³-hybridized carbons (Fsp3) is 0.588. The Morgan fingerprint density at radius 1 is 1.43 bits per heavy atom. The predicted molar refractivity (Wildman–Crippen MR) is 83.8 cm³/mol. The summed E-state index contributed by atoms with van der Waals surface area (Å²) in [6, 6.07) is 10.3. The molecule has 1 aromatic carbocycles.